The molecule has 0 spiro atoms. The van der Waals surface area contributed by atoms with E-state index in [1.165, 1.54) is 25.3 Å². The molecule has 0 bridgehead atoms. The van der Waals surface area contributed by atoms with Crippen LogP contribution in [0.15, 0.2) is 36.0 Å². The Morgan fingerprint density at radius 1 is 1.15 bits per heavy atom. The number of rotatable bonds is 4. The zero-order chi connectivity index (χ0) is 15.2. The van der Waals surface area contributed by atoms with E-state index in [2.05, 4.69) is 28.4 Å². The van der Waals surface area contributed by atoms with E-state index in [1.807, 2.05) is 0 Å². The number of hydrogen-bond donors (Lipinski definition) is 0. The maximum absolute atomic E-state index is 11.2. The van der Waals surface area contributed by atoms with Crippen LogP contribution in [-0.2, 0) is 19.1 Å². The van der Waals surface area contributed by atoms with Crippen molar-refractivity contribution in [3.8, 4) is 23.7 Å². The first kappa shape index (κ1) is 17.3. The summed E-state index contributed by atoms with van der Waals surface area (Å²) in [6, 6.07) is 0. The van der Waals surface area contributed by atoms with Gasteiger partial charge in [0.1, 0.15) is 6.61 Å². The first-order valence-electron chi connectivity index (χ1n) is 5.82. The highest BCUT2D eigenvalue weighted by molar-refractivity contribution is 5.87. The summed E-state index contributed by atoms with van der Waals surface area (Å²) in [5.74, 6) is 9.44. The normalized spacial score (nSPS) is 10.4. The van der Waals surface area contributed by atoms with Gasteiger partial charge < -0.3 is 9.47 Å². The Bertz CT molecular complexity index is 542. The Hall–Kier alpha value is -2.72. The third-order valence-electron chi connectivity index (χ3n) is 1.98. The van der Waals surface area contributed by atoms with Crippen molar-refractivity contribution in [2.75, 3.05) is 13.7 Å². The van der Waals surface area contributed by atoms with Crippen LogP contribution in [-0.4, -0.2) is 25.7 Å². The van der Waals surface area contributed by atoms with Crippen molar-refractivity contribution >= 4 is 11.9 Å². The molecule has 104 valence electrons. The molecule has 4 heteroatoms. The zero-order valence-electron chi connectivity index (χ0n) is 11.7. The third kappa shape index (κ3) is 9.32. The fourth-order valence-corrected chi connectivity index (χ4v) is 0.796. The van der Waals surface area contributed by atoms with Crippen molar-refractivity contribution in [1.82, 2.24) is 0 Å². The molecule has 4 nitrogen and oxygen atoms in total. The van der Waals surface area contributed by atoms with Gasteiger partial charge in [-0.15, -0.1) is 0 Å². The van der Waals surface area contributed by atoms with E-state index in [1.54, 1.807) is 26.0 Å². The summed E-state index contributed by atoms with van der Waals surface area (Å²) in [7, 11) is 1.29. The van der Waals surface area contributed by atoms with Crippen LogP contribution < -0.4 is 0 Å². The Balaban J connectivity index is 4.02. The summed E-state index contributed by atoms with van der Waals surface area (Å²) in [5.41, 5.74) is 0.563. The minimum Gasteiger partial charge on any atom is -0.466 e. The molecule has 0 radical (unpaired) electrons. The standard InChI is InChI=1S/C16H16O4/c1-4-14(2)16(18)20-13-11-9-7-5-6-8-10-12-15(17)19-3/h4,9-12H,13H2,1-3H3. The molecule has 0 rings (SSSR count). The fourth-order valence-electron chi connectivity index (χ4n) is 0.796. The summed E-state index contributed by atoms with van der Waals surface area (Å²) >= 11 is 0. The van der Waals surface area contributed by atoms with Gasteiger partial charge >= 0.3 is 11.9 Å². The molecule has 20 heavy (non-hydrogen) atoms. The van der Waals surface area contributed by atoms with E-state index >= 15 is 0 Å². The van der Waals surface area contributed by atoms with Gasteiger partial charge in [0.15, 0.2) is 0 Å². The molecule has 0 aromatic rings. The Morgan fingerprint density at radius 2 is 1.80 bits per heavy atom. The molecule has 0 fully saturated rings. The van der Waals surface area contributed by atoms with Crippen LogP contribution in [0.4, 0.5) is 0 Å². The average Bonchev–Trinajstić information content (AvgIpc) is 2.47. The lowest BCUT2D eigenvalue weighted by atomic mass is 10.3. The van der Waals surface area contributed by atoms with Crippen molar-refractivity contribution in [3.05, 3.63) is 36.0 Å². The third-order valence-corrected chi connectivity index (χ3v) is 1.98. The summed E-state index contributed by atoms with van der Waals surface area (Å²) in [5, 5.41) is 0. The highest BCUT2D eigenvalue weighted by Gasteiger charge is 2.01. The lowest BCUT2D eigenvalue weighted by Gasteiger charge is -1.99. The topological polar surface area (TPSA) is 52.6 Å². The average molecular weight is 272 g/mol. The van der Waals surface area contributed by atoms with Crippen LogP contribution in [0.2, 0.25) is 0 Å². The minimum atomic E-state index is -0.467. The molecular weight excluding hydrogens is 256 g/mol. The Morgan fingerprint density at radius 3 is 2.40 bits per heavy atom. The van der Waals surface area contributed by atoms with Crippen molar-refractivity contribution in [1.29, 1.82) is 0 Å². The Kier molecular flexibility index (Phi) is 9.83. The van der Waals surface area contributed by atoms with Gasteiger partial charge in [-0.05, 0) is 43.9 Å². The molecule has 0 amide bonds. The molecular formula is C16H16O4. The predicted molar refractivity (Wildman–Crippen MR) is 76.2 cm³/mol. The second kappa shape index (κ2) is 11.4. The number of hydrogen-bond acceptors (Lipinski definition) is 4. The molecule has 0 saturated carbocycles. The van der Waals surface area contributed by atoms with Gasteiger partial charge in [-0.2, -0.15) is 0 Å². The number of esters is 2. The van der Waals surface area contributed by atoms with Gasteiger partial charge in [0, 0.05) is 11.6 Å². The molecule has 0 saturated heterocycles. The van der Waals surface area contributed by atoms with Gasteiger partial charge in [0.2, 0.25) is 0 Å². The van der Waals surface area contributed by atoms with Crippen molar-refractivity contribution < 1.29 is 19.1 Å². The molecule has 0 aliphatic carbocycles. The van der Waals surface area contributed by atoms with Crippen LogP contribution in [0.3, 0.4) is 0 Å². The molecule has 0 N–H and O–H groups in total. The van der Waals surface area contributed by atoms with Crippen LogP contribution in [0.5, 0.6) is 0 Å². The van der Waals surface area contributed by atoms with Crippen molar-refractivity contribution in [3.63, 3.8) is 0 Å². The highest BCUT2D eigenvalue weighted by Crippen LogP contribution is 1.95. The van der Waals surface area contributed by atoms with E-state index < -0.39 is 5.97 Å². The number of allylic oxidation sites excluding steroid dienone is 3. The largest absolute Gasteiger partial charge is 0.466 e. The first-order chi connectivity index (χ1) is 9.61. The van der Waals surface area contributed by atoms with Gasteiger partial charge in [0.25, 0.3) is 0 Å². The molecule has 0 aliphatic heterocycles. The second-order valence-corrected chi connectivity index (χ2v) is 3.37. The van der Waals surface area contributed by atoms with E-state index in [4.69, 9.17) is 4.74 Å². The first-order valence-corrected chi connectivity index (χ1v) is 5.82. The van der Waals surface area contributed by atoms with Crippen molar-refractivity contribution in [2.24, 2.45) is 0 Å². The smallest absolute Gasteiger partial charge is 0.333 e. The number of carbonyl (C=O) groups is 2. The lowest BCUT2D eigenvalue weighted by molar-refractivity contribution is -0.138. The zero-order valence-corrected chi connectivity index (χ0v) is 11.7. The molecule has 0 aromatic carbocycles. The van der Waals surface area contributed by atoms with Crippen LogP contribution in [0, 0.1) is 23.7 Å². The van der Waals surface area contributed by atoms with Crippen LogP contribution in [0.1, 0.15) is 13.8 Å². The minimum absolute atomic E-state index is 0.161. The lowest BCUT2D eigenvalue weighted by Crippen LogP contribution is -2.05. The summed E-state index contributed by atoms with van der Waals surface area (Å²) in [6.45, 7) is 3.61. The number of carbonyl (C=O) groups excluding carboxylic acids is 2. The second-order valence-electron chi connectivity index (χ2n) is 3.37. The van der Waals surface area contributed by atoms with Crippen LogP contribution >= 0.6 is 0 Å². The van der Waals surface area contributed by atoms with E-state index in [0.717, 1.165) is 0 Å². The molecule has 0 aromatic heterocycles. The SMILES string of the molecule is CC=C(C)C(=O)OCC=CC#CC#CC=CC(=O)OC. The summed E-state index contributed by atoms with van der Waals surface area (Å²) in [4.78, 5) is 21.9. The van der Waals surface area contributed by atoms with E-state index in [9.17, 15) is 9.59 Å². The van der Waals surface area contributed by atoms with Crippen LogP contribution in [0.25, 0.3) is 0 Å². The molecule has 0 unspecified atom stereocenters. The summed E-state index contributed by atoms with van der Waals surface area (Å²) in [6.07, 6.45) is 7.39. The highest BCUT2D eigenvalue weighted by atomic mass is 16.5. The molecule has 0 aliphatic rings. The number of ether oxygens (including phenoxy) is 2. The number of methoxy groups -OCH3 is 1. The van der Waals surface area contributed by atoms with Crippen molar-refractivity contribution in [2.45, 2.75) is 13.8 Å². The van der Waals surface area contributed by atoms with Gasteiger partial charge in [-0.3, -0.25) is 0 Å². The van der Waals surface area contributed by atoms with Gasteiger partial charge in [-0.1, -0.05) is 17.9 Å². The monoisotopic (exact) mass is 272 g/mol. The maximum Gasteiger partial charge on any atom is 0.333 e. The summed E-state index contributed by atoms with van der Waals surface area (Å²) < 4.78 is 9.30. The van der Waals surface area contributed by atoms with Gasteiger partial charge in [-0.25, -0.2) is 9.59 Å². The van der Waals surface area contributed by atoms with E-state index in [0.29, 0.717) is 5.57 Å². The molecule has 0 atom stereocenters. The van der Waals surface area contributed by atoms with E-state index in [-0.39, 0.29) is 12.6 Å². The van der Waals surface area contributed by atoms with Gasteiger partial charge in [0.05, 0.1) is 7.11 Å². The predicted octanol–water partition coefficient (Wildman–Crippen LogP) is 1.79. The maximum atomic E-state index is 11.2. The fraction of sp³-hybridized carbons (Fsp3) is 0.250. The Labute approximate surface area is 119 Å². The molecule has 0 heterocycles. The quantitative estimate of drug-likeness (QED) is 0.445.